The lowest BCUT2D eigenvalue weighted by Gasteiger charge is -2.28. The minimum atomic E-state index is -0.0970. The first-order chi connectivity index (χ1) is 15.1. The van der Waals surface area contributed by atoms with Crippen LogP contribution in [0.25, 0.3) is 22.2 Å². The number of H-pyrrole nitrogens is 1. The molecular weight excluding hydrogens is 435 g/mol. The minimum Gasteiger partial charge on any atom is -0.378 e. The number of ether oxygens (including phenoxy) is 1. The van der Waals surface area contributed by atoms with Gasteiger partial charge in [0.25, 0.3) is 5.56 Å². The molecule has 0 atom stereocenters. The number of nitrogens with zero attached hydrogens (tertiary/aromatic N) is 3. The van der Waals surface area contributed by atoms with Crippen LogP contribution in [0.15, 0.2) is 59.8 Å². The summed E-state index contributed by atoms with van der Waals surface area (Å²) in [6.07, 6.45) is 5.57. The van der Waals surface area contributed by atoms with Crippen molar-refractivity contribution >= 4 is 39.9 Å². The summed E-state index contributed by atoms with van der Waals surface area (Å²) < 4.78 is 7.08. The number of anilines is 1. The molecule has 6 nitrogen and oxygen atoms in total. The molecule has 158 valence electrons. The maximum absolute atomic E-state index is 12.8. The van der Waals surface area contributed by atoms with E-state index in [0.717, 1.165) is 46.5 Å². The van der Waals surface area contributed by atoms with Gasteiger partial charge in [-0.05, 0) is 41.5 Å². The summed E-state index contributed by atoms with van der Waals surface area (Å²) in [5.74, 6) is 0. The van der Waals surface area contributed by atoms with Crippen LogP contribution in [0.4, 0.5) is 5.69 Å². The third-order valence-corrected chi connectivity index (χ3v) is 5.91. The topological polar surface area (TPSA) is 63.1 Å². The van der Waals surface area contributed by atoms with Crippen LogP contribution < -0.4 is 10.5 Å². The number of benzene rings is 1. The first-order valence-electron chi connectivity index (χ1n) is 10.0. The van der Waals surface area contributed by atoms with Crippen molar-refractivity contribution in [1.82, 2.24) is 14.5 Å². The molecular formula is C23H20Cl2N4O2. The normalized spacial score (nSPS) is 14.3. The number of halogens is 2. The van der Waals surface area contributed by atoms with E-state index in [2.05, 4.69) is 20.9 Å². The lowest BCUT2D eigenvalue weighted by molar-refractivity contribution is 0.122. The Morgan fingerprint density at radius 1 is 1.06 bits per heavy atom. The zero-order chi connectivity index (χ0) is 21.4. The van der Waals surface area contributed by atoms with E-state index in [-0.39, 0.29) is 5.56 Å². The first-order valence-corrected chi connectivity index (χ1v) is 10.8. The van der Waals surface area contributed by atoms with E-state index in [1.165, 1.54) is 0 Å². The van der Waals surface area contributed by atoms with Crippen LogP contribution in [0.3, 0.4) is 0 Å². The van der Waals surface area contributed by atoms with Crippen molar-refractivity contribution in [2.45, 2.75) is 6.54 Å². The third kappa shape index (κ3) is 4.19. The molecule has 3 aromatic heterocycles. The number of aromatic amines is 1. The molecule has 0 unspecified atom stereocenters. The number of pyridine rings is 2. The highest BCUT2D eigenvalue weighted by atomic mass is 35.5. The fourth-order valence-corrected chi connectivity index (χ4v) is 4.50. The zero-order valence-electron chi connectivity index (χ0n) is 16.6. The Kier molecular flexibility index (Phi) is 5.44. The molecule has 0 bridgehead atoms. The standard InChI is InChI=1S/C23H20Cl2N4O2/c24-17-7-15(8-18(25)10-17)14-29-2-1-16(9-22(29)30)21-13-27-23-20(21)11-19(12-26-23)28-3-5-31-6-4-28/h1-2,7-13H,3-6,14H2,(H,26,27). The Hall–Kier alpha value is -2.80. The van der Waals surface area contributed by atoms with Gasteiger partial charge in [-0.15, -0.1) is 0 Å². The van der Waals surface area contributed by atoms with Crippen LogP contribution in [0, 0.1) is 0 Å². The van der Waals surface area contributed by atoms with E-state index >= 15 is 0 Å². The van der Waals surface area contributed by atoms with Crippen molar-refractivity contribution in [2.24, 2.45) is 0 Å². The van der Waals surface area contributed by atoms with Gasteiger partial charge in [0.1, 0.15) is 5.65 Å². The van der Waals surface area contributed by atoms with Gasteiger partial charge in [0.2, 0.25) is 0 Å². The predicted octanol–water partition coefficient (Wildman–Crippen LogP) is 4.58. The van der Waals surface area contributed by atoms with Crippen molar-refractivity contribution in [3.8, 4) is 11.1 Å². The van der Waals surface area contributed by atoms with E-state index < -0.39 is 0 Å². The Morgan fingerprint density at radius 2 is 1.84 bits per heavy atom. The molecule has 1 fully saturated rings. The van der Waals surface area contributed by atoms with Gasteiger partial charge in [-0.3, -0.25) is 4.79 Å². The highest BCUT2D eigenvalue weighted by Gasteiger charge is 2.15. The molecule has 0 radical (unpaired) electrons. The molecule has 0 aliphatic carbocycles. The Labute approximate surface area is 189 Å². The van der Waals surface area contributed by atoms with E-state index in [4.69, 9.17) is 27.9 Å². The van der Waals surface area contributed by atoms with Crippen molar-refractivity contribution in [2.75, 3.05) is 31.2 Å². The first kappa shape index (κ1) is 20.1. The number of rotatable bonds is 4. The van der Waals surface area contributed by atoms with Crippen LogP contribution >= 0.6 is 23.2 Å². The average Bonchev–Trinajstić information content (AvgIpc) is 3.18. The molecule has 0 spiro atoms. The molecule has 4 aromatic rings. The average molecular weight is 455 g/mol. The van der Waals surface area contributed by atoms with Crippen molar-refractivity contribution in [3.63, 3.8) is 0 Å². The highest BCUT2D eigenvalue weighted by Crippen LogP contribution is 2.30. The second-order valence-electron chi connectivity index (χ2n) is 7.55. The second-order valence-corrected chi connectivity index (χ2v) is 8.42. The number of fused-ring (bicyclic) bond motifs is 1. The van der Waals surface area contributed by atoms with Gasteiger partial charge in [0, 0.05) is 52.5 Å². The second kappa shape index (κ2) is 8.38. The molecule has 5 rings (SSSR count). The summed E-state index contributed by atoms with van der Waals surface area (Å²) in [7, 11) is 0. The van der Waals surface area contributed by atoms with Crippen molar-refractivity contribution in [1.29, 1.82) is 0 Å². The largest absolute Gasteiger partial charge is 0.378 e. The lowest BCUT2D eigenvalue weighted by Crippen LogP contribution is -2.36. The van der Waals surface area contributed by atoms with E-state index in [1.54, 1.807) is 22.9 Å². The van der Waals surface area contributed by atoms with Crippen molar-refractivity contribution < 1.29 is 4.74 Å². The fourth-order valence-electron chi connectivity index (χ4n) is 3.93. The maximum Gasteiger partial charge on any atom is 0.251 e. The Bertz CT molecular complexity index is 1290. The molecule has 0 amide bonds. The highest BCUT2D eigenvalue weighted by molar-refractivity contribution is 6.34. The van der Waals surface area contributed by atoms with Crippen LogP contribution in [0.2, 0.25) is 10.0 Å². The maximum atomic E-state index is 12.8. The number of hydrogen-bond donors (Lipinski definition) is 1. The number of nitrogens with one attached hydrogen (secondary N) is 1. The molecule has 31 heavy (non-hydrogen) atoms. The molecule has 1 saturated heterocycles. The third-order valence-electron chi connectivity index (χ3n) is 5.48. The van der Waals surface area contributed by atoms with Gasteiger partial charge in [0.15, 0.2) is 0 Å². The van der Waals surface area contributed by atoms with Crippen molar-refractivity contribution in [3.05, 3.63) is 81.0 Å². The van der Waals surface area contributed by atoms with Gasteiger partial charge >= 0.3 is 0 Å². The molecule has 1 aromatic carbocycles. The molecule has 1 aliphatic heterocycles. The van der Waals surface area contributed by atoms with Crippen LogP contribution in [-0.4, -0.2) is 40.8 Å². The summed E-state index contributed by atoms with van der Waals surface area (Å²) in [6.45, 7) is 3.52. The van der Waals surface area contributed by atoms with Gasteiger partial charge in [-0.25, -0.2) is 4.98 Å². The predicted molar refractivity (Wildman–Crippen MR) is 124 cm³/mol. The summed E-state index contributed by atoms with van der Waals surface area (Å²) in [5, 5.41) is 2.09. The SMILES string of the molecule is O=c1cc(-c2c[nH]c3ncc(N4CCOCC4)cc23)ccn1Cc1cc(Cl)cc(Cl)c1. The fraction of sp³-hybridized carbons (Fsp3) is 0.217. The number of morpholine rings is 1. The molecule has 4 heterocycles. The summed E-state index contributed by atoms with van der Waals surface area (Å²) in [6, 6.07) is 11.0. The van der Waals surface area contributed by atoms with E-state index in [1.807, 2.05) is 30.6 Å². The van der Waals surface area contributed by atoms with E-state index in [9.17, 15) is 4.79 Å². The Morgan fingerprint density at radius 3 is 2.58 bits per heavy atom. The number of aromatic nitrogens is 3. The van der Waals surface area contributed by atoms with E-state index in [0.29, 0.717) is 29.8 Å². The quantitative estimate of drug-likeness (QED) is 0.489. The van der Waals surface area contributed by atoms with Gasteiger partial charge < -0.3 is 19.2 Å². The Balaban J connectivity index is 1.47. The van der Waals surface area contributed by atoms with Gasteiger partial charge in [0.05, 0.1) is 31.6 Å². The lowest BCUT2D eigenvalue weighted by atomic mass is 10.1. The zero-order valence-corrected chi connectivity index (χ0v) is 18.2. The summed E-state index contributed by atoms with van der Waals surface area (Å²) in [4.78, 5) is 22.9. The summed E-state index contributed by atoms with van der Waals surface area (Å²) >= 11 is 12.2. The van der Waals surface area contributed by atoms with Gasteiger partial charge in [-0.1, -0.05) is 23.2 Å². The smallest absolute Gasteiger partial charge is 0.251 e. The number of hydrogen-bond acceptors (Lipinski definition) is 4. The van der Waals surface area contributed by atoms with Gasteiger partial charge in [-0.2, -0.15) is 0 Å². The summed E-state index contributed by atoms with van der Waals surface area (Å²) in [5.41, 5.74) is 4.43. The van der Waals surface area contributed by atoms with Crippen LogP contribution in [0.5, 0.6) is 0 Å². The molecule has 1 aliphatic rings. The molecule has 1 N–H and O–H groups in total. The monoisotopic (exact) mass is 454 g/mol. The molecule has 8 heteroatoms. The minimum absolute atomic E-state index is 0.0970. The van der Waals surface area contributed by atoms with Crippen LogP contribution in [-0.2, 0) is 11.3 Å². The molecule has 0 saturated carbocycles. The van der Waals surface area contributed by atoms with Crippen LogP contribution in [0.1, 0.15) is 5.56 Å².